The van der Waals surface area contributed by atoms with Gasteiger partial charge in [-0.05, 0) is 44.1 Å². The summed E-state index contributed by atoms with van der Waals surface area (Å²) in [5.74, 6) is 0.857. The standard InChI is InChI=1S/C19H25N3O/c1-15-18(21(2)14-20-15)19(23)22-12-10-17(11-13-22)9-8-16-6-4-3-5-7-16/h3-7,14,17H,8-13H2,1-2H3. The monoisotopic (exact) mass is 311 g/mol. The molecule has 0 aliphatic carbocycles. The van der Waals surface area contributed by atoms with Crippen LogP contribution < -0.4 is 0 Å². The normalized spacial score (nSPS) is 15.8. The highest BCUT2D eigenvalue weighted by atomic mass is 16.2. The number of hydrogen-bond donors (Lipinski definition) is 0. The van der Waals surface area contributed by atoms with Gasteiger partial charge in [-0.2, -0.15) is 0 Å². The summed E-state index contributed by atoms with van der Waals surface area (Å²) in [5.41, 5.74) is 2.97. The number of carbonyl (C=O) groups is 1. The number of amides is 1. The number of hydrogen-bond acceptors (Lipinski definition) is 2. The topological polar surface area (TPSA) is 38.1 Å². The number of imidazole rings is 1. The third kappa shape index (κ3) is 3.63. The Morgan fingerprint density at radius 1 is 1.22 bits per heavy atom. The SMILES string of the molecule is Cc1ncn(C)c1C(=O)N1CCC(CCc2ccccc2)CC1. The first kappa shape index (κ1) is 15.8. The summed E-state index contributed by atoms with van der Waals surface area (Å²) in [7, 11) is 1.89. The van der Waals surface area contributed by atoms with Crippen molar-refractivity contribution in [1.82, 2.24) is 14.5 Å². The van der Waals surface area contributed by atoms with Crippen LogP contribution in [0.25, 0.3) is 0 Å². The number of carbonyl (C=O) groups excluding carboxylic acids is 1. The molecule has 4 heteroatoms. The molecule has 2 heterocycles. The fourth-order valence-electron chi connectivity index (χ4n) is 3.44. The molecule has 122 valence electrons. The summed E-state index contributed by atoms with van der Waals surface area (Å²) in [4.78, 5) is 18.9. The molecule has 1 aromatic heterocycles. The molecule has 1 amide bonds. The average molecular weight is 311 g/mol. The molecule has 2 aromatic rings. The second-order valence-corrected chi connectivity index (χ2v) is 6.55. The van der Waals surface area contributed by atoms with Gasteiger partial charge in [-0.3, -0.25) is 4.79 Å². The minimum atomic E-state index is 0.129. The van der Waals surface area contributed by atoms with Gasteiger partial charge >= 0.3 is 0 Å². The summed E-state index contributed by atoms with van der Waals surface area (Å²) in [6, 6.07) is 10.7. The molecule has 3 rings (SSSR count). The molecular formula is C19H25N3O. The fraction of sp³-hybridized carbons (Fsp3) is 0.474. The van der Waals surface area contributed by atoms with E-state index in [4.69, 9.17) is 0 Å². The van der Waals surface area contributed by atoms with Crippen LogP contribution in [0.2, 0.25) is 0 Å². The summed E-state index contributed by atoms with van der Waals surface area (Å²) in [6.45, 7) is 3.63. The molecule has 0 saturated carbocycles. The lowest BCUT2D eigenvalue weighted by molar-refractivity contribution is 0.0676. The molecule has 1 fully saturated rings. The van der Waals surface area contributed by atoms with Gasteiger partial charge in [0.15, 0.2) is 0 Å². The van der Waals surface area contributed by atoms with Crippen molar-refractivity contribution < 1.29 is 4.79 Å². The number of aromatic nitrogens is 2. The Labute approximate surface area is 138 Å². The lowest BCUT2D eigenvalue weighted by atomic mass is 9.90. The number of nitrogens with zero attached hydrogens (tertiary/aromatic N) is 3. The Morgan fingerprint density at radius 2 is 1.91 bits per heavy atom. The maximum Gasteiger partial charge on any atom is 0.272 e. The molecule has 1 aliphatic rings. The molecule has 1 aromatic carbocycles. The van der Waals surface area contributed by atoms with Crippen LogP contribution in [0.1, 0.15) is 41.0 Å². The first-order valence-corrected chi connectivity index (χ1v) is 8.46. The van der Waals surface area contributed by atoms with Crippen LogP contribution in [0.15, 0.2) is 36.7 Å². The maximum absolute atomic E-state index is 12.7. The minimum Gasteiger partial charge on any atom is -0.337 e. The van der Waals surface area contributed by atoms with Crippen molar-refractivity contribution in [2.24, 2.45) is 13.0 Å². The molecule has 1 aliphatic heterocycles. The van der Waals surface area contributed by atoms with E-state index in [9.17, 15) is 4.79 Å². The van der Waals surface area contributed by atoms with Crippen molar-refractivity contribution in [3.8, 4) is 0 Å². The third-order valence-corrected chi connectivity index (χ3v) is 4.91. The molecule has 23 heavy (non-hydrogen) atoms. The van der Waals surface area contributed by atoms with Crippen LogP contribution >= 0.6 is 0 Å². The second kappa shape index (κ2) is 6.99. The van der Waals surface area contributed by atoms with Gasteiger partial charge in [0.25, 0.3) is 5.91 Å². The Bertz CT molecular complexity index is 635. The van der Waals surface area contributed by atoms with Gasteiger partial charge in [0.2, 0.25) is 0 Å². The first-order valence-electron chi connectivity index (χ1n) is 8.46. The van der Waals surface area contributed by atoms with E-state index in [1.54, 1.807) is 6.33 Å². The van der Waals surface area contributed by atoms with Crippen molar-refractivity contribution >= 4 is 5.91 Å². The Balaban J connectivity index is 1.51. The molecule has 0 bridgehead atoms. The maximum atomic E-state index is 12.7. The molecule has 0 spiro atoms. The van der Waals surface area contributed by atoms with E-state index in [1.807, 2.05) is 23.4 Å². The van der Waals surface area contributed by atoms with Crippen molar-refractivity contribution in [3.63, 3.8) is 0 Å². The van der Waals surface area contributed by atoms with Crippen LogP contribution in [0.4, 0.5) is 0 Å². The highest BCUT2D eigenvalue weighted by Gasteiger charge is 2.26. The smallest absolute Gasteiger partial charge is 0.272 e. The van der Waals surface area contributed by atoms with Crippen molar-refractivity contribution in [3.05, 3.63) is 53.6 Å². The van der Waals surface area contributed by atoms with Crippen LogP contribution in [0, 0.1) is 12.8 Å². The number of likely N-dealkylation sites (tertiary alicyclic amines) is 1. The summed E-state index contributed by atoms with van der Waals surface area (Å²) < 4.78 is 1.83. The van der Waals surface area contributed by atoms with Crippen LogP contribution in [-0.4, -0.2) is 33.4 Å². The lowest BCUT2D eigenvalue weighted by Crippen LogP contribution is -2.39. The van der Waals surface area contributed by atoms with Crippen LogP contribution in [0.5, 0.6) is 0 Å². The van der Waals surface area contributed by atoms with E-state index >= 15 is 0 Å². The van der Waals surface area contributed by atoms with E-state index in [2.05, 4.69) is 35.3 Å². The van der Waals surface area contributed by atoms with Gasteiger partial charge in [0.1, 0.15) is 5.69 Å². The predicted octanol–water partition coefficient (Wildman–Crippen LogP) is 3.21. The Hall–Kier alpha value is -2.10. The van der Waals surface area contributed by atoms with Crippen LogP contribution in [0.3, 0.4) is 0 Å². The highest BCUT2D eigenvalue weighted by molar-refractivity contribution is 5.93. The van der Waals surface area contributed by atoms with Gasteiger partial charge in [-0.15, -0.1) is 0 Å². The molecule has 0 radical (unpaired) electrons. The number of aryl methyl sites for hydroxylation is 3. The van der Waals surface area contributed by atoms with Gasteiger partial charge in [0, 0.05) is 20.1 Å². The van der Waals surface area contributed by atoms with Crippen LogP contribution in [-0.2, 0) is 13.5 Å². The van der Waals surface area contributed by atoms with E-state index in [0.29, 0.717) is 0 Å². The second-order valence-electron chi connectivity index (χ2n) is 6.55. The summed E-state index contributed by atoms with van der Waals surface area (Å²) in [6.07, 6.45) is 6.29. The largest absolute Gasteiger partial charge is 0.337 e. The third-order valence-electron chi connectivity index (χ3n) is 4.91. The molecule has 4 nitrogen and oxygen atoms in total. The number of piperidine rings is 1. The van der Waals surface area contributed by atoms with E-state index in [1.165, 1.54) is 12.0 Å². The van der Waals surface area contributed by atoms with Crippen molar-refractivity contribution in [2.75, 3.05) is 13.1 Å². The van der Waals surface area contributed by atoms with Crippen molar-refractivity contribution in [1.29, 1.82) is 0 Å². The first-order chi connectivity index (χ1) is 11.1. The Morgan fingerprint density at radius 3 is 2.52 bits per heavy atom. The molecule has 0 atom stereocenters. The van der Waals surface area contributed by atoms with E-state index in [-0.39, 0.29) is 5.91 Å². The zero-order valence-corrected chi connectivity index (χ0v) is 14.0. The minimum absolute atomic E-state index is 0.129. The highest BCUT2D eigenvalue weighted by Crippen LogP contribution is 2.24. The molecule has 0 N–H and O–H groups in total. The lowest BCUT2D eigenvalue weighted by Gasteiger charge is -2.32. The number of benzene rings is 1. The molecule has 0 unspecified atom stereocenters. The van der Waals surface area contributed by atoms with Gasteiger partial charge in [0.05, 0.1) is 12.0 Å². The van der Waals surface area contributed by atoms with Gasteiger partial charge in [-0.1, -0.05) is 30.3 Å². The average Bonchev–Trinajstić information content (AvgIpc) is 2.92. The summed E-state index contributed by atoms with van der Waals surface area (Å²) in [5, 5.41) is 0. The summed E-state index contributed by atoms with van der Waals surface area (Å²) >= 11 is 0. The van der Waals surface area contributed by atoms with E-state index in [0.717, 1.165) is 49.7 Å². The zero-order valence-electron chi connectivity index (χ0n) is 14.0. The van der Waals surface area contributed by atoms with Crippen molar-refractivity contribution in [2.45, 2.75) is 32.6 Å². The predicted molar refractivity (Wildman–Crippen MR) is 91.3 cm³/mol. The zero-order chi connectivity index (χ0) is 16.2. The van der Waals surface area contributed by atoms with Gasteiger partial charge in [-0.25, -0.2) is 4.98 Å². The van der Waals surface area contributed by atoms with Gasteiger partial charge < -0.3 is 9.47 Å². The Kier molecular flexibility index (Phi) is 4.79. The molecule has 1 saturated heterocycles. The number of rotatable bonds is 4. The fourth-order valence-corrected chi connectivity index (χ4v) is 3.44. The molecular weight excluding hydrogens is 286 g/mol. The quantitative estimate of drug-likeness (QED) is 0.869. The van der Waals surface area contributed by atoms with E-state index < -0.39 is 0 Å².